The number of pyridine rings is 1. The summed E-state index contributed by atoms with van der Waals surface area (Å²) in [4.78, 5) is 23.0. The molecule has 0 fully saturated rings. The van der Waals surface area contributed by atoms with Crippen LogP contribution in [0.1, 0.15) is 23.2 Å². The van der Waals surface area contributed by atoms with Gasteiger partial charge in [0.2, 0.25) is 0 Å². The monoisotopic (exact) mass is 461 g/mol. The van der Waals surface area contributed by atoms with Crippen molar-refractivity contribution in [2.75, 3.05) is 18.4 Å². The van der Waals surface area contributed by atoms with E-state index in [1.807, 2.05) is 6.07 Å². The lowest BCUT2D eigenvalue weighted by atomic mass is 10.0. The van der Waals surface area contributed by atoms with Crippen molar-refractivity contribution in [2.45, 2.75) is 26.3 Å². The number of nitrogens with zero attached hydrogens (tertiary/aromatic N) is 5. The van der Waals surface area contributed by atoms with Gasteiger partial charge in [-0.1, -0.05) is 36.5 Å². The van der Waals surface area contributed by atoms with E-state index in [2.05, 4.69) is 50.7 Å². The van der Waals surface area contributed by atoms with Gasteiger partial charge in [0.05, 0.1) is 22.9 Å². The molecule has 9 heteroatoms. The van der Waals surface area contributed by atoms with Crippen LogP contribution >= 0.6 is 11.3 Å². The summed E-state index contributed by atoms with van der Waals surface area (Å²) in [5, 5.41) is 7.66. The van der Waals surface area contributed by atoms with Gasteiger partial charge in [0.25, 0.3) is 0 Å². The summed E-state index contributed by atoms with van der Waals surface area (Å²) in [7, 11) is 0. The Morgan fingerprint density at radius 3 is 2.91 bits per heavy atom. The number of aromatic nitrogens is 4. The number of anilines is 1. The minimum absolute atomic E-state index is 0.235. The van der Waals surface area contributed by atoms with E-state index in [9.17, 15) is 4.39 Å². The predicted molar refractivity (Wildman–Crippen MR) is 130 cm³/mol. The third kappa shape index (κ3) is 4.89. The van der Waals surface area contributed by atoms with Crippen LogP contribution in [0.25, 0.3) is 10.3 Å². The lowest BCUT2D eigenvalue weighted by molar-refractivity contribution is 0.602. The fourth-order valence-electron chi connectivity index (χ4n) is 3.82. The summed E-state index contributed by atoms with van der Waals surface area (Å²) in [5.41, 5.74) is 4.70. The average Bonchev–Trinajstić information content (AvgIpc) is 3.45. The number of fused-ring (bicyclic) bond motifs is 2. The second-order valence-electron chi connectivity index (χ2n) is 8.03. The molecule has 33 heavy (non-hydrogen) atoms. The van der Waals surface area contributed by atoms with Crippen LogP contribution < -0.4 is 10.6 Å². The standard InChI is InChI=1S/C24H24FN7S/c1-15(19-11-16-5-2-3-7-18(16)31-19)12-26-10-8-21-32-22-23(29-14-30-24(22)33-21)28-13-20-17(25)6-4-9-27-20/h2-7,9,14-15,26H,8,10-13H2,1H3,(H,28,29,30)/t15-/m0/s1. The molecule has 0 bridgehead atoms. The molecule has 4 aromatic rings. The highest BCUT2D eigenvalue weighted by molar-refractivity contribution is 7.18. The second-order valence-corrected chi connectivity index (χ2v) is 9.09. The molecule has 3 aromatic heterocycles. The molecule has 0 unspecified atom stereocenters. The molecule has 4 heterocycles. The minimum Gasteiger partial charge on any atom is -0.362 e. The number of thiazole rings is 1. The van der Waals surface area contributed by atoms with Crippen molar-refractivity contribution in [3.05, 3.63) is 71.0 Å². The molecule has 1 atom stereocenters. The van der Waals surface area contributed by atoms with Gasteiger partial charge < -0.3 is 10.6 Å². The molecule has 0 spiro atoms. The highest BCUT2D eigenvalue weighted by atomic mass is 32.1. The van der Waals surface area contributed by atoms with Gasteiger partial charge >= 0.3 is 0 Å². The Bertz CT molecular complexity index is 1300. The quantitative estimate of drug-likeness (QED) is 0.361. The molecular weight excluding hydrogens is 437 g/mol. The van der Waals surface area contributed by atoms with E-state index in [1.54, 1.807) is 23.6 Å². The molecule has 0 amide bonds. The van der Waals surface area contributed by atoms with Gasteiger partial charge in [0, 0.05) is 43.8 Å². The summed E-state index contributed by atoms with van der Waals surface area (Å²) in [6.07, 6.45) is 4.81. The first-order valence-electron chi connectivity index (χ1n) is 11.0. The first kappa shape index (κ1) is 21.5. The van der Waals surface area contributed by atoms with Crippen LogP contribution in [0.2, 0.25) is 0 Å². The summed E-state index contributed by atoms with van der Waals surface area (Å²) in [6, 6.07) is 11.3. The highest BCUT2D eigenvalue weighted by Gasteiger charge is 2.19. The summed E-state index contributed by atoms with van der Waals surface area (Å²) < 4.78 is 13.8. The van der Waals surface area contributed by atoms with E-state index in [1.165, 1.54) is 23.7 Å². The molecule has 1 aliphatic rings. The first-order chi connectivity index (χ1) is 16.2. The Hall–Kier alpha value is -3.30. The average molecular weight is 462 g/mol. The molecule has 2 N–H and O–H groups in total. The van der Waals surface area contributed by atoms with Gasteiger partial charge in [0.1, 0.15) is 22.5 Å². The van der Waals surface area contributed by atoms with Crippen LogP contribution in [0.5, 0.6) is 0 Å². The van der Waals surface area contributed by atoms with Crippen LogP contribution in [0, 0.1) is 11.7 Å². The third-order valence-corrected chi connectivity index (χ3v) is 6.68. The number of hydrogen-bond acceptors (Lipinski definition) is 8. The molecule has 0 saturated carbocycles. The molecule has 1 aliphatic heterocycles. The van der Waals surface area contributed by atoms with E-state index < -0.39 is 0 Å². The van der Waals surface area contributed by atoms with Gasteiger partial charge in [-0.25, -0.2) is 19.3 Å². The fourth-order valence-corrected chi connectivity index (χ4v) is 4.73. The van der Waals surface area contributed by atoms with Crippen molar-refractivity contribution in [3.63, 3.8) is 0 Å². The maximum atomic E-state index is 13.8. The van der Waals surface area contributed by atoms with E-state index in [0.29, 0.717) is 22.9 Å². The van der Waals surface area contributed by atoms with E-state index in [-0.39, 0.29) is 12.4 Å². The Labute approximate surface area is 195 Å². The minimum atomic E-state index is -0.345. The molecule has 7 nitrogen and oxygen atoms in total. The lowest BCUT2D eigenvalue weighted by Gasteiger charge is -2.12. The number of aliphatic imine (C=N–C) groups is 1. The number of benzene rings is 1. The van der Waals surface area contributed by atoms with E-state index in [0.717, 1.165) is 41.5 Å². The van der Waals surface area contributed by atoms with Gasteiger partial charge in [-0.05, 0) is 23.8 Å². The van der Waals surface area contributed by atoms with Gasteiger partial charge in [-0.15, -0.1) is 0 Å². The molecule has 168 valence electrons. The fraction of sp³-hybridized carbons (Fsp3) is 0.292. The first-order valence-corrected chi connectivity index (χ1v) is 11.8. The van der Waals surface area contributed by atoms with Gasteiger partial charge in [-0.2, -0.15) is 0 Å². The van der Waals surface area contributed by atoms with Crippen molar-refractivity contribution in [2.24, 2.45) is 10.9 Å². The van der Waals surface area contributed by atoms with E-state index >= 15 is 0 Å². The van der Waals surface area contributed by atoms with Crippen LogP contribution in [0.3, 0.4) is 0 Å². The zero-order valence-electron chi connectivity index (χ0n) is 18.3. The van der Waals surface area contributed by atoms with Crippen LogP contribution in [-0.4, -0.2) is 38.7 Å². The maximum absolute atomic E-state index is 13.8. The number of para-hydroxylation sites is 1. The molecule has 5 rings (SSSR count). The Morgan fingerprint density at radius 1 is 1.12 bits per heavy atom. The lowest BCUT2D eigenvalue weighted by Crippen LogP contribution is -2.28. The molecule has 0 saturated heterocycles. The highest BCUT2D eigenvalue weighted by Crippen LogP contribution is 2.28. The SMILES string of the molecule is C[C@@H](CNCCc1nc2c(NCc3ncccc3F)ncnc2s1)C1=Nc2ccccc2C1. The van der Waals surface area contributed by atoms with Gasteiger partial charge in [-0.3, -0.25) is 9.98 Å². The number of halogens is 1. The van der Waals surface area contributed by atoms with Crippen molar-refractivity contribution in [3.8, 4) is 0 Å². The van der Waals surface area contributed by atoms with Gasteiger partial charge in [0.15, 0.2) is 5.82 Å². The maximum Gasteiger partial charge on any atom is 0.157 e. The van der Waals surface area contributed by atoms with Crippen molar-refractivity contribution in [1.82, 2.24) is 25.3 Å². The Balaban J connectivity index is 1.15. The third-order valence-electron chi connectivity index (χ3n) is 5.66. The van der Waals surface area contributed by atoms with Crippen LogP contribution in [0.4, 0.5) is 15.9 Å². The van der Waals surface area contributed by atoms with Crippen molar-refractivity contribution >= 4 is 38.9 Å². The zero-order chi connectivity index (χ0) is 22.6. The van der Waals surface area contributed by atoms with E-state index in [4.69, 9.17) is 9.98 Å². The number of rotatable bonds is 9. The van der Waals surface area contributed by atoms with Crippen molar-refractivity contribution in [1.29, 1.82) is 0 Å². The Morgan fingerprint density at radius 2 is 2.03 bits per heavy atom. The normalized spacial score (nSPS) is 13.7. The van der Waals surface area contributed by atoms with Crippen molar-refractivity contribution < 1.29 is 4.39 Å². The van der Waals surface area contributed by atoms with Crippen LogP contribution in [-0.2, 0) is 19.4 Å². The Kier molecular flexibility index (Phi) is 6.32. The molecular formula is C24H24FN7S. The topological polar surface area (TPSA) is 88.0 Å². The largest absolute Gasteiger partial charge is 0.362 e. The molecule has 0 radical (unpaired) electrons. The second kappa shape index (κ2) is 9.68. The predicted octanol–water partition coefficient (Wildman–Crippen LogP) is 4.33. The van der Waals surface area contributed by atoms with Crippen LogP contribution in [0.15, 0.2) is 53.9 Å². The summed E-state index contributed by atoms with van der Waals surface area (Å²) in [5.74, 6) is 0.622. The summed E-state index contributed by atoms with van der Waals surface area (Å²) >= 11 is 1.56. The smallest absolute Gasteiger partial charge is 0.157 e. The molecule has 1 aromatic carbocycles. The number of nitrogens with one attached hydrogen (secondary N) is 2. The molecule has 0 aliphatic carbocycles. The summed E-state index contributed by atoms with van der Waals surface area (Å²) in [6.45, 7) is 4.14. The number of hydrogen-bond donors (Lipinski definition) is 2. The zero-order valence-corrected chi connectivity index (χ0v) is 19.1.